The Bertz CT molecular complexity index is 545. The van der Waals surface area contributed by atoms with Gasteiger partial charge in [0.15, 0.2) is 0 Å². The molecule has 1 aromatic carbocycles. The van der Waals surface area contributed by atoms with Gasteiger partial charge in [0.2, 0.25) is 0 Å². The first kappa shape index (κ1) is 15.4. The lowest BCUT2D eigenvalue weighted by Crippen LogP contribution is -2.32. The smallest absolute Gasteiger partial charge is 0.416 e. The minimum Gasteiger partial charge on any atom is -0.463 e. The Morgan fingerprint density at radius 2 is 2.10 bits per heavy atom. The maximum Gasteiger partial charge on any atom is 0.416 e. The van der Waals surface area contributed by atoms with Gasteiger partial charge in [-0.25, -0.2) is 9.38 Å². The monoisotopic (exact) mass is 305 g/mol. The number of anilines is 1. The first-order valence-electron chi connectivity index (χ1n) is 6.38. The van der Waals surface area contributed by atoms with Crippen LogP contribution in [0.1, 0.15) is 12.5 Å². The number of rotatable bonds is 4. The summed E-state index contributed by atoms with van der Waals surface area (Å²) < 4.78 is 56.6. The summed E-state index contributed by atoms with van der Waals surface area (Å²) in [5, 5.41) is 0. The molecule has 0 amide bonds. The van der Waals surface area contributed by atoms with Crippen LogP contribution in [0.4, 0.5) is 23.2 Å². The van der Waals surface area contributed by atoms with Crippen molar-refractivity contribution in [1.29, 1.82) is 0 Å². The molecule has 2 N–H and O–H groups in total. The Balaban J connectivity index is 2.23. The molecule has 0 aliphatic carbocycles. The third-order valence-electron chi connectivity index (χ3n) is 3.12. The molecule has 0 spiro atoms. The van der Waals surface area contributed by atoms with Crippen LogP contribution in [-0.4, -0.2) is 31.8 Å². The standard InChI is InChI=1S/C13H15F4N3O/c1-2-20(6-10-7-21-12(18)19-10)11-4-8(13(15,16)17)3-9(14)5-11/h3-5,10H,2,6-7H2,1H3,(H2,18,19). The molecule has 0 saturated heterocycles. The molecule has 0 fully saturated rings. The van der Waals surface area contributed by atoms with E-state index in [2.05, 4.69) is 4.99 Å². The van der Waals surface area contributed by atoms with Gasteiger partial charge in [0, 0.05) is 18.8 Å². The Morgan fingerprint density at radius 1 is 1.38 bits per heavy atom. The van der Waals surface area contributed by atoms with Gasteiger partial charge < -0.3 is 15.4 Å². The van der Waals surface area contributed by atoms with Crippen LogP contribution in [0.2, 0.25) is 0 Å². The molecule has 1 unspecified atom stereocenters. The van der Waals surface area contributed by atoms with Crippen molar-refractivity contribution in [3.05, 3.63) is 29.6 Å². The molecule has 4 nitrogen and oxygen atoms in total. The zero-order valence-corrected chi connectivity index (χ0v) is 11.3. The fourth-order valence-corrected chi connectivity index (χ4v) is 2.12. The molecule has 8 heteroatoms. The van der Waals surface area contributed by atoms with E-state index in [1.165, 1.54) is 0 Å². The zero-order chi connectivity index (χ0) is 15.6. The van der Waals surface area contributed by atoms with Crippen molar-refractivity contribution in [2.75, 3.05) is 24.6 Å². The van der Waals surface area contributed by atoms with Gasteiger partial charge in [-0.2, -0.15) is 13.2 Å². The molecule has 2 rings (SSSR count). The second-order valence-electron chi connectivity index (χ2n) is 4.67. The average molecular weight is 305 g/mol. The SMILES string of the molecule is CCN(CC1COC(N)=N1)c1cc(F)cc(C(F)(F)F)c1. The predicted octanol–water partition coefficient (Wildman–Crippen LogP) is 2.38. The zero-order valence-electron chi connectivity index (χ0n) is 11.3. The third kappa shape index (κ3) is 3.77. The van der Waals surface area contributed by atoms with Crippen molar-refractivity contribution in [1.82, 2.24) is 0 Å². The molecular formula is C13H15F4N3O. The van der Waals surface area contributed by atoms with Gasteiger partial charge in [0.05, 0.1) is 5.56 Å². The average Bonchev–Trinajstić information content (AvgIpc) is 2.79. The maximum atomic E-state index is 13.4. The van der Waals surface area contributed by atoms with Crippen molar-refractivity contribution in [2.45, 2.75) is 19.1 Å². The number of alkyl halides is 3. The highest BCUT2D eigenvalue weighted by Gasteiger charge is 2.32. The number of hydrogen-bond donors (Lipinski definition) is 1. The van der Waals surface area contributed by atoms with Gasteiger partial charge in [-0.3, -0.25) is 0 Å². The highest BCUT2D eigenvalue weighted by Crippen LogP contribution is 2.32. The van der Waals surface area contributed by atoms with Gasteiger partial charge in [-0.05, 0) is 25.1 Å². The van der Waals surface area contributed by atoms with Crippen molar-refractivity contribution in [3.8, 4) is 0 Å². The van der Waals surface area contributed by atoms with Gasteiger partial charge in [0.1, 0.15) is 18.5 Å². The molecule has 0 radical (unpaired) electrons. The number of halogens is 4. The minimum absolute atomic E-state index is 0.0614. The van der Waals surface area contributed by atoms with Crippen LogP contribution in [0, 0.1) is 5.82 Å². The van der Waals surface area contributed by atoms with Crippen molar-refractivity contribution >= 4 is 11.7 Å². The van der Waals surface area contributed by atoms with E-state index in [0.717, 1.165) is 12.1 Å². The molecule has 1 aliphatic heterocycles. The van der Waals surface area contributed by atoms with E-state index in [1.807, 2.05) is 0 Å². The van der Waals surface area contributed by atoms with E-state index in [-0.39, 0.29) is 24.4 Å². The van der Waals surface area contributed by atoms with Crippen LogP contribution in [0.25, 0.3) is 0 Å². The minimum atomic E-state index is -4.59. The van der Waals surface area contributed by atoms with Gasteiger partial charge in [-0.15, -0.1) is 0 Å². The molecule has 0 bridgehead atoms. The van der Waals surface area contributed by atoms with Crippen molar-refractivity contribution in [3.63, 3.8) is 0 Å². The topological polar surface area (TPSA) is 50.9 Å². The van der Waals surface area contributed by atoms with Gasteiger partial charge >= 0.3 is 6.18 Å². The first-order valence-corrected chi connectivity index (χ1v) is 6.38. The molecule has 1 aromatic rings. The van der Waals surface area contributed by atoms with Crippen LogP contribution in [0.5, 0.6) is 0 Å². The van der Waals surface area contributed by atoms with Gasteiger partial charge in [-0.1, -0.05) is 0 Å². The van der Waals surface area contributed by atoms with E-state index in [1.54, 1.807) is 11.8 Å². The number of nitrogens with zero attached hydrogens (tertiary/aromatic N) is 2. The number of hydrogen-bond acceptors (Lipinski definition) is 4. The van der Waals surface area contributed by atoms with Crippen LogP contribution >= 0.6 is 0 Å². The Kier molecular flexibility index (Phi) is 4.24. The molecule has 1 aliphatic rings. The Hall–Kier alpha value is -1.99. The fraction of sp³-hybridized carbons (Fsp3) is 0.462. The molecule has 0 aromatic heterocycles. The quantitative estimate of drug-likeness (QED) is 0.869. The molecular weight excluding hydrogens is 290 g/mol. The summed E-state index contributed by atoms with van der Waals surface area (Å²) in [4.78, 5) is 5.62. The highest BCUT2D eigenvalue weighted by atomic mass is 19.4. The van der Waals surface area contributed by atoms with Crippen molar-refractivity contribution < 1.29 is 22.3 Å². The second-order valence-corrected chi connectivity index (χ2v) is 4.67. The number of ether oxygens (including phenoxy) is 1. The number of aliphatic imine (C=N–C) groups is 1. The summed E-state index contributed by atoms with van der Waals surface area (Å²) in [6, 6.07) is 2.26. The van der Waals surface area contributed by atoms with Crippen LogP contribution in [-0.2, 0) is 10.9 Å². The summed E-state index contributed by atoms with van der Waals surface area (Å²) in [5.74, 6) is -0.927. The number of likely N-dealkylation sites (N-methyl/N-ethyl adjacent to an activating group) is 1. The maximum absolute atomic E-state index is 13.4. The lowest BCUT2D eigenvalue weighted by atomic mass is 10.1. The van der Waals surface area contributed by atoms with E-state index in [9.17, 15) is 17.6 Å². The molecule has 1 heterocycles. The lowest BCUT2D eigenvalue weighted by molar-refractivity contribution is -0.137. The highest BCUT2D eigenvalue weighted by molar-refractivity contribution is 5.73. The number of nitrogens with two attached hydrogens (primary N) is 1. The summed E-state index contributed by atoms with van der Waals surface area (Å²) in [6.45, 7) is 2.75. The molecule has 116 valence electrons. The van der Waals surface area contributed by atoms with E-state index < -0.39 is 17.6 Å². The van der Waals surface area contributed by atoms with Crippen LogP contribution < -0.4 is 10.6 Å². The summed E-state index contributed by atoms with van der Waals surface area (Å²) in [5.41, 5.74) is 4.53. The predicted molar refractivity (Wildman–Crippen MR) is 70.7 cm³/mol. The fourth-order valence-electron chi connectivity index (χ4n) is 2.12. The molecule has 21 heavy (non-hydrogen) atoms. The lowest BCUT2D eigenvalue weighted by Gasteiger charge is -2.25. The molecule has 1 atom stereocenters. The van der Waals surface area contributed by atoms with E-state index in [4.69, 9.17) is 10.5 Å². The van der Waals surface area contributed by atoms with E-state index in [0.29, 0.717) is 19.2 Å². The molecule has 0 saturated carbocycles. The third-order valence-corrected chi connectivity index (χ3v) is 3.12. The van der Waals surface area contributed by atoms with Crippen LogP contribution in [0.15, 0.2) is 23.2 Å². The first-order chi connectivity index (χ1) is 9.79. The summed E-state index contributed by atoms with van der Waals surface area (Å²) >= 11 is 0. The Morgan fingerprint density at radius 3 is 2.62 bits per heavy atom. The van der Waals surface area contributed by atoms with Gasteiger partial charge in [0.25, 0.3) is 6.02 Å². The Labute approximate surface area is 119 Å². The number of benzene rings is 1. The number of amidine groups is 1. The van der Waals surface area contributed by atoms with Crippen molar-refractivity contribution in [2.24, 2.45) is 10.7 Å². The largest absolute Gasteiger partial charge is 0.463 e. The van der Waals surface area contributed by atoms with Crippen LogP contribution in [0.3, 0.4) is 0 Å². The summed E-state index contributed by atoms with van der Waals surface area (Å²) in [6.07, 6.45) is -4.59. The normalized spacial score (nSPS) is 18.3. The summed E-state index contributed by atoms with van der Waals surface area (Å²) in [7, 11) is 0. The van der Waals surface area contributed by atoms with E-state index >= 15 is 0 Å². The second kappa shape index (κ2) is 5.79.